The summed E-state index contributed by atoms with van der Waals surface area (Å²) in [6.45, 7) is 1.71. The summed E-state index contributed by atoms with van der Waals surface area (Å²) in [5.74, 6) is -4.40. The van der Waals surface area contributed by atoms with Gasteiger partial charge >= 0.3 is 7.75 Å². The number of aliphatic hydroxyl groups excluding tert-OH is 1. The zero-order valence-corrected chi connectivity index (χ0v) is 14.3. The predicted molar refractivity (Wildman–Crippen MR) is 91.1 cm³/mol. The lowest BCUT2D eigenvalue weighted by Gasteiger charge is -2.33. The van der Waals surface area contributed by atoms with E-state index >= 15 is 0 Å². The fourth-order valence-corrected chi connectivity index (χ4v) is 3.22. The molecule has 9 heteroatoms. The van der Waals surface area contributed by atoms with Crippen LogP contribution in [0.25, 0.3) is 0 Å². The molecule has 25 heavy (non-hydrogen) atoms. The molecule has 1 aliphatic carbocycles. The number of hydrogen-bond acceptors (Lipinski definition) is 5. The minimum Gasteiger partial charge on any atom is -0.508 e. The van der Waals surface area contributed by atoms with Gasteiger partial charge in [0.15, 0.2) is 5.79 Å². The normalized spacial score (nSPS) is 21.2. The Kier molecular flexibility index (Phi) is 5.51. The number of phenols is 1. The molecular formula is C16H20NO7P. The van der Waals surface area contributed by atoms with E-state index < -0.39 is 25.4 Å². The average Bonchev–Trinajstić information content (AvgIpc) is 2.47. The quantitative estimate of drug-likeness (QED) is 0.342. The molecule has 0 spiro atoms. The Bertz CT molecular complexity index is 778. The average molecular weight is 369 g/mol. The number of aliphatic hydroxyl groups is 3. The Labute approximate surface area is 144 Å². The highest BCUT2D eigenvalue weighted by Crippen LogP contribution is 2.40. The van der Waals surface area contributed by atoms with E-state index in [4.69, 9.17) is 9.79 Å². The van der Waals surface area contributed by atoms with E-state index in [0.29, 0.717) is 5.56 Å². The van der Waals surface area contributed by atoms with Crippen LogP contribution in [0.2, 0.25) is 0 Å². The van der Waals surface area contributed by atoms with Crippen LogP contribution >= 0.6 is 7.75 Å². The maximum Gasteiger partial charge on any atom is 0.448 e. The second-order valence-electron chi connectivity index (χ2n) is 6.02. The first-order valence-electron chi connectivity index (χ1n) is 7.46. The van der Waals surface area contributed by atoms with Crippen molar-refractivity contribution in [3.63, 3.8) is 0 Å². The summed E-state index contributed by atoms with van der Waals surface area (Å²) < 4.78 is 14.4. The maximum absolute atomic E-state index is 11.1. The van der Waals surface area contributed by atoms with Crippen molar-refractivity contribution >= 4 is 13.5 Å². The molecule has 0 heterocycles. The molecule has 0 bridgehead atoms. The van der Waals surface area contributed by atoms with Gasteiger partial charge in [-0.3, -0.25) is 0 Å². The minimum absolute atomic E-state index is 0.0349. The van der Waals surface area contributed by atoms with Gasteiger partial charge in [-0.25, -0.2) is 4.57 Å². The largest absolute Gasteiger partial charge is 0.508 e. The molecule has 2 rings (SSSR count). The highest BCUT2D eigenvalue weighted by atomic mass is 31.2. The fourth-order valence-electron chi connectivity index (χ4n) is 2.73. The van der Waals surface area contributed by atoms with Crippen molar-refractivity contribution in [2.75, 3.05) is 0 Å². The van der Waals surface area contributed by atoms with Crippen LogP contribution in [0, 0.1) is 5.92 Å². The molecule has 0 amide bonds. The van der Waals surface area contributed by atoms with Gasteiger partial charge in [0.2, 0.25) is 0 Å². The summed E-state index contributed by atoms with van der Waals surface area (Å²) in [4.78, 5) is 18.1. The van der Waals surface area contributed by atoms with Crippen LogP contribution < -0.4 is 0 Å². The number of rotatable bonds is 5. The van der Waals surface area contributed by atoms with Crippen molar-refractivity contribution in [2.45, 2.75) is 25.0 Å². The second kappa shape index (κ2) is 7.11. The molecule has 0 aromatic heterocycles. The van der Waals surface area contributed by atoms with Gasteiger partial charge in [0.1, 0.15) is 11.5 Å². The van der Waals surface area contributed by atoms with Gasteiger partial charge in [0, 0.05) is 6.42 Å². The van der Waals surface area contributed by atoms with Crippen molar-refractivity contribution in [1.82, 2.24) is 0 Å². The molecule has 2 unspecified atom stereocenters. The second-order valence-corrected chi connectivity index (χ2v) is 7.25. The molecule has 1 aliphatic rings. The topological polar surface area (TPSA) is 151 Å². The smallest absolute Gasteiger partial charge is 0.448 e. The van der Waals surface area contributed by atoms with E-state index in [-0.39, 0.29) is 23.6 Å². The SMILES string of the molecule is CC(CC(O)(O)C1C=C(O)C=CC1=NP(=O)(O)O)c1cccc(O)c1. The first-order valence-corrected chi connectivity index (χ1v) is 9.02. The summed E-state index contributed by atoms with van der Waals surface area (Å²) in [7, 11) is -4.79. The molecule has 1 aromatic rings. The Morgan fingerprint density at radius 2 is 1.92 bits per heavy atom. The first kappa shape index (κ1) is 19.4. The standard InChI is InChI=1S/C16H20NO7P/c1-10(11-3-2-4-12(18)7-11)9-16(20,21)14-8-13(19)5-6-15(14)17-25(22,23)24/h2-8,10,14,18-21H,9H2,1H3,(H2,22,23,24). The predicted octanol–water partition coefficient (Wildman–Crippen LogP) is 1.73. The summed E-state index contributed by atoms with van der Waals surface area (Å²) in [5.41, 5.74) is 0.403. The molecule has 1 aromatic carbocycles. The van der Waals surface area contributed by atoms with Gasteiger partial charge in [0.25, 0.3) is 0 Å². The molecule has 136 valence electrons. The minimum atomic E-state index is -4.79. The molecule has 0 fully saturated rings. The summed E-state index contributed by atoms with van der Waals surface area (Å²) >= 11 is 0. The molecule has 6 N–H and O–H groups in total. The number of aromatic hydroxyl groups is 1. The molecule has 0 aliphatic heterocycles. The van der Waals surface area contributed by atoms with E-state index in [1.165, 1.54) is 12.1 Å². The van der Waals surface area contributed by atoms with Gasteiger partial charge in [-0.15, -0.1) is 0 Å². The van der Waals surface area contributed by atoms with E-state index in [2.05, 4.69) is 4.76 Å². The van der Waals surface area contributed by atoms with Crippen LogP contribution in [0.5, 0.6) is 5.75 Å². The zero-order chi connectivity index (χ0) is 18.8. The van der Waals surface area contributed by atoms with Gasteiger partial charge in [-0.05, 0) is 41.8 Å². The third-order valence-electron chi connectivity index (χ3n) is 3.87. The number of hydrogen-bond donors (Lipinski definition) is 6. The third-order valence-corrected chi connectivity index (χ3v) is 4.36. The monoisotopic (exact) mass is 369 g/mol. The molecule has 8 nitrogen and oxygen atoms in total. The van der Waals surface area contributed by atoms with Crippen LogP contribution in [0.4, 0.5) is 0 Å². The lowest BCUT2D eigenvalue weighted by molar-refractivity contribution is -0.181. The Balaban J connectivity index is 2.30. The van der Waals surface area contributed by atoms with Gasteiger partial charge in [0.05, 0.1) is 11.6 Å². The first-order chi connectivity index (χ1) is 11.5. The highest BCUT2D eigenvalue weighted by molar-refractivity contribution is 7.50. The van der Waals surface area contributed by atoms with Crippen molar-refractivity contribution in [2.24, 2.45) is 10.7 Å². The molecular weight excluding hydrogens is 349 g/mol. The van der Waals surface area contributed by atoms with Crippen LogP contribution in [0.3, 0.4) is 0 Å². The Morgan fingerprint density at radius 1 is 1.24 bits per heavy atom. The van der Waals surface area contributed by atoms with Crippen molar-refractivity contribution in [3.05, 3.63) is 53.8 Å². The van der Waals surface area contributed by atoms with E-state index in [9.17, 15) is 25.0 Å². The zero-order valence-electron chi connectivity index (χ0n) is 13.4. The van der Waals surface area contributed by atoms with E-state index in [1.54, 1.807) is 19.1 Å². The van der Waals surface area contributed by atoms with Crippen LogP contribution in [0.15, 0.2) is 53.0 Å². The molecule has 2 atom stereocenters. The lowest BCUT2D eigenvalue weighted by Crippen LogP contribution is -2.42. The van der Waals surface area contributed by atoms with Crippen LogP contribution in [-0.4, -0.2) is 41.7 Å². The van der Waals surface area contributed by atoms with Gasteiger partial charge in [-0.2, -0.15) is 4.76 Å². The summed E-state index contributed by atoms with van der Waals surface area (Å²) in [5, 5.41) is 40.1. The van der Waals surface area contributed by atoms with E-state index in [0.717, 1.165) is 18.2 Å². The number of phenolic OH excluding ortho intramolecular Hbond substituents is 1. The lowest BCUT2D eigenvalue weighted by atomic mass is 9.82. The summed E-state index contributed by atoms with van der Waals surface area (Å²) in [6.07, 6.45) is 3.13. The van der Waals surface area contributed by atoms with Gasteiger partial charge in [-0.1, -0.05) is 19.1 Å². The number of allylic oxidation sites excluding steroid dienone is 2. The molecule has 0 saturated heterocycles. The van der Waals surface area contributed by atoms with Crippen molar-refractivity contribution < 1.29 is 34.8 Å². The third kappa shape index (κ3) is 5.26. The van der Waals surface area contributed by atoms with E-state index in [1.807, 2.05) is 0 Å². The fraction of sp³-hybridized carbons (Fsp3) is 0.312. The Hall–Kier alpha value is -1.96. The molecule has 0 saturated carbocycles. The number of benzene rings is 1. The molecule has 0 radical (unpaired) electrons. The van der Waals surface area contributed by atoms with Crippen molar-refractivity contribution in [3.8, 4) is 5.75 Å². The maximum atomic E-state index is 11.1. The van der Waals surface area contributed by atoms with Gasteiger partial charge < -0.3 is 30.2 Å². The highest BCUT2D eigenvalue weighted by Gasteiger charge is 2.39. The van der Waals surface area contributed by atoms with Crippen LogP contribution in [-0.2, 0) is 4.57 Å². The van der Waals surface area contributed by atoms with Crippen LogP contribution in [0.1, 0.15) is 24.8 Å². The Morgan fingerprint density at radius 3 is 2.52 bits per heavy atom. The number of nitrogens with zero attached hydrogens (tertiary/aromatic N) is 1. The summed E-state index contributed by atoms with van der Waals surface area (Å²) in [6, 6.07) is 6.30. The van der Waals surface area contributed by atoms with Crippen molar-refractivity contribution in [1.29, 1.82) is 0 Å².